The van der Waals surface area contributed by atoms with Gasteiger partial charge in [0.1, 0.15) is 0 Å². The average molecular weight is 533 g/mol. The van der Waals surface area contributed by atoms with Crippen molar-refractivity contribution in [2.24, 2.45) is 0 Å². The molecule has 1 aliphatic heterocycles. The first-order chi connectivity index (χ1) is 16.6. The molecule has 10 heteroatoms. The van der Waals surface area contributed by atoms with Crippen LogP contribution in [0.15, 0.2) is 71.6 Å². The fourth-order valence-electron chi connectivity index (χ4n) is 3.79. The summed E-state index contributed by atoms with van der Waals surface area (Å²) < 4.78 is 33.2. The van der Waals surface area contributed by atoms with Crippen LogP contribution in [0.3, 0.4) is 0 Å². The first kappa shape index (κ1) is 25.0. The van der Waals surface area contributed by atoms with Crippen molar-refractivity contribution in [2.75, 3.05) is 16.2 Å². The molecule has 4 rings (SSSR count). The lowest BCUT2D eigenvalue weighted by atomic mass is 10.0. The van der Waals surface area contributed by atoms with Gasteiger partial charge < -0.3 is 10.1 Å². The number of nitrogens with one attached hydrogen (secondary N) is 1. The van der Waals surface area contributed by atoms with Crippen molar-refractivity contribution in [2.45, 2.75) is 30.8 Å². The first-order valence-electron chi connectivity index (χ1n) is 10.8. The molecule has 1 amide bonds. The smallest absolute Gasteiger partial charge is 0.338 e. The molecule has 0 fully saturated rings. The molecule has 1 N–H and O–H groups in total. The summed E-state index contributed by atoms with van der Waals surface area (Å²) in [6.07, 6.45) is 0.430. The van der Waals surface area contributed by atoms with E-state index in [9.17, 15) is 18.0 Å². The fourth-order valence-corrected chi connectivity index (χ4v) is 5.86. The number of rotatable bonds is 6. The third-order valence-corrected chi connectivity index (χ3v) is 7.79. The number of hydrogen-bond donors (Lipinski definition) is 1. The van der Waals surface area contributed by atoms with E-state index >= 15 is 0 Å². The molecule has 3 aromatic carbocycles. The quantitative estimate of drug-likeness (QED) is 0.433. The Bertz CT molecular complexity index is 1360. The Balaban J connectivity index is 1.44. The number of fused-ring (bicyclic) bond motifs is 1. The number of carbonyl (C=O) groups excluding carboxylic acids is 2. The van der Waals surface area contributed by atoms with E-state index in [2.05, 4.69) is 5.32 Å². The van der Waals surface area contributed by atoms with Crippen LogP contribution in [-0.2, 0) is 26.0 Å². The summed E-state index contributed by atoms with van der Waals surface area (Å²) in [6.45, 7) is 1.81. The molecule has 1 aliphatic rings. The van der Waals surface area contributed by atoms with Gasteiger partial charge in [0.05, 0.1) is 16.1 Å². The highest BCUT2D eigenvalue weighted by Gasteiger charge is 2.29. The fraction of sp³-hybridized carbons (Fsp3) is 0.200. The summed E-state index contributed by atoms with van der Waals surface area (Å²) in [5, 5.41) is 3.28. The number of para-hydroxylation sites is 1. The van der Waals surface area contributed by atoms with E-state index in [1.54, 1.807) is 6.07 Å². The van der Waals surface area contributed by atoms with Crippen molar-refractivity contribution >= 4 is 56.5 Å². The van der Waals surface area contributed by atoms with E-state index in [1.807, 2.05) is 18.2 Å². The number of halogens is 2. The second-order valence-corrected chi connectivity index (χ2v) is 10.8. The standard InChI is InChI=1S/C25H22Cl2N2O5S/c1-16(24(30)28-21-14-19(26)13-20(27)15-21)34-25(31)18-8-10-22(11-9-18)35(32,33)29-12-4-6-17-5-2-3-7-23(17)29/h2-3,5,7-11,13-16H,4,6,12H2,1H3,(H,28,30)/t16-/m0/s1. The Kier molecular flexibility index (Phi) is 7.35. The number of carbonyl (C=O) groups is 2. The molecule has 35 heavy (non-hydrogen) atoms. The van der Waals surface area contributed by atoms with E-state index in [-0.39, 0.29) is 10.5 Å². The summed E-state index contributed by atoms with van der Waals surface area (Å²) in [5.74, 6) is -1.33. The molecular weight excluding hydrogens is 511 g/mol. The second kappa shape index (κ2) is 10.3. The van der Waals surface area contributed by atoms with Crippen LogP contribution in [0.1, 0.15) is 29.3 Å². The number of anilines is 2. The van der Waals surface area contributed by atoms with Crippen LogP contribution in [0, 0.1) is 0 Å². The summed E-state index contributed by atoms with van der Waals surface area (Å²) in [4.78, 5) is 25.0. The molecule has 182 valence electrons. The molecule has 0 aliphatic carbocycles. The van der Waals surface area contributed by atoms with Crippen LogP contribution in [0.4, 0.5) is 11.4 Å². The maximum absolute atomic E-state index is 13.3. The summed E-state index contributed by atoms with van der Waals surface area (Å²) in [5.41, 5.74) is 2.13. The third-order valence-electron chi connectivity index (χ3n) is 5.53. The molecule has 0 spiro atoms. The van der Waals surface area contributed by atoms with Gasteiger partial charge in [-0.1, -0.05) is 41.4 Å². The van der Waals surface area contributed by atoms with Crippen LogP contribution in [0.2, 0.25) is 10.0 Å². The van der Waals surface area contributed by atoms with Crippen molar-refractivity contribution < 1.29 is 22.7 Å². The monoisotopic (exact) mass is 532 g/mol. The SMILES string of the molecule is C[C@H](OC(=O)c1ccc(S(=O)(=O)N2CCCc3ccccc32)cc1)C(=O)Nc1cc(Cl)cc(Cl)c1. The predicted octanol–water partition coefficient (Wildman–Crippen LogP) is 5.32. The largest absolute Gasteiger partial charge is 0.449 e. The van der Waals surface area contributed by atoms with Crippen molar-refractivity contribution in [3.63, 3.8) is 0 Å². The lowest BCUT2D eigenvalue weighted by Crippen LogP contribution is -2.35. The molecule has 1 heterocycles. The van der Waals surface area contributed by atoms with E-state index < -0.39 is 28.0 Å². The lowest BCUT2D eigenvalue weighted by molar-refractivity contribution is -0.123. The summed E-state index contributed by atoms with van der Waals surface area (Å²) >= 11 is 11.9. The number of aryl methyl sites for hydroxylation is 1. The highest BCUT2D eigenvalue weighted by Crippen LogP contribution is 2.32. The van der Waals surface area contributed by atoms with E-state index in [0.29, 0.717) is 28.0 Å². The van der Waals surface area contributed by atoms with Crippen molar-refractivity contribution in [3.8, 4) is 0 Å². The van der Waals surface area contributed by atoms with Gasteiger partial charge in [-0.05, 0) is 73.9 Å². The molecule has 0 aromatic heterocycles. The Morgan fingerprint density at radius 2 is 1.66 bits per heavy atom. The zero-order valence-electron chi connectivity index (χ0n) is 18.7. The third kappa shape index (κ3) is 5.61. The Morgan fingerprint density at radius 3 is 2.34 bits per heavy atom. The van der Waals surface area contributed by atoms with Gasteiger partial charge in [0.25, 0.3) is 15.9 Å². The number of sulfonamides is 1. The minimum absolute atomic E-state index is 0.0642. The number of nitrogens with zero attached hydrogens (tertiary/aromatic N) is 1. The minimum Gasteiger partial charge on any atom is -0.449 e. The molecule has 0 unspecified atom stereocenters. The van der Waals surface area contributed by atoms with Crippen molar-refractivity contribution in [1.82, 2.24) is 0 Å². The normalized spacial score (nSPS) is 14.1. The van der Waals surface area contributed by atoms with Gasteiger partial charge in [-0.25, -0.2) is 13.2 Å². The van der Waals surface area contributed by atoms with Gasteiger partial charge in [-0.3, -0.25) is 9.10 Å². The number of hydrogen-bond acceptors (Lipinski definition) is 5. The maximum Gasteiger partial charge on any atom is 0.338 e. The Morgan fingerprint density at radius 1 is 1.00 bits per heavy atom. The second-order valence-electron chi connectivity index (χ2n) is 8.03. The minimum atomic E-state index is -3.80. The molecule has 7 nitrogen and oxygen atoms in total. The zero-order valence-corrected chi connectivity index (χ0v) is 21.0. The zero-order chi connectivity index (χ0) is 25.2. The van der Waals surface area contributed by atoms with Crippen LogP contribution >= 0.6 is 23.2 Å². The van der Waals surface area contributed by atoms with Crippen LogP contribution in [0.5, 0.6) is 0 Å². The molecule has 1 atom stereocenters. The number of esters is 1. The first-order valence-corrected chi connectivity index (χ1v) is 13.0. The summed E-state index contributed by atoms with van der Waals surface area (Å²) in [7, 11) is -3.80. The molecule has 0 radical (unpaired) electrons. The van der Waals surface area contributed by atoms with Gasteiger partial charge in [-0.2, -0.15) is 0 Å². The Hall–Kier alpha value is -3.07. The average Bonchev–Trinajstić information content (AvgIpc) is 2.83. The van der Waals surface area contributed by atoms with E-state index in [0.717, 1.165) is 18.4 Å². The van der Waals surface area contributed by atoms with E-state index in [1.165, 1.54) is 53.7 Å². The van der Waals surface area contributed by atoms with E-state index in [4.69, 9.17) is 27.9 Å². The van der Waals surface area contributed by atoms with Crippen LogP contribution in [0.25, 0.3) is 0 Å². The molecule has 0 saturated carbocycles. The topological polar surface area (TPSA) is 92.8 Å². The maximum atomic E-state index is 13.3. The lowest BCUT2D eigenvalue weighted by Gasteiger charge is -2.30. The van der Waals surface area contributed by atoms with Gasteiger partial charge in [0.2, 0.25) is 0 Å². The van der Waals surface area contributed by atoms with Gasteiger partial charge >= 0.3 is 5.97 Å². The summed E-state index contributed by atoms with van der Waals surface area (Å²) in [6, 6.07) is 17.4. The highest BCUT2D eigenvalue weighted by molar-refractivity contribution is 7.92. The molecular formula is C25H22Cl2N2O5S. The molecule has 0 saturated heterocycles. The van der Waals surface area contributed by atoms with Gasteiger partial charge in [0.15, 0.2) is 6.10 Å². The van der Waals surface area contributed by atoms with Crippen LogP contribution < -0.4 is 9.62 Å². The number of ether oxygens (including phenoxy) is 1. The molecule has 3 aromatic rings. The number of amides is 1. The molecule has 0 bridgehead atoms. The van der Waals surface area contributed by atoms with Crippen molar-refractivity contribution in [3.05, 3.63) is 87.9 Å². The van der Waals surface area contributed by atoms with Crippen LogP contribution in [-0.4, -0.2) is 32.9 Å². The van der Waals surface area contributed by atoms with Gasteiger partial charge in [-0.15, -0.1) is 0 Å². The van der Waals surface area contributed by atoms with Crippen molar-refractivity contribution in [1.29, 1.82) is 0 Å². The van der Waals surface area contributed by atoms with Gasteiger partial charge in [0, 0.05) is 22.3 Å². The number of benzene rings is 3. The Labute approximate surface area is 213 Å². The predicted molar refractivity (Wildman–Crippen MR) is 136 cm³/mol. The highest BCUT2D eigenvalue weighted by atomic mass is 35.5.